The minimum absolute atomic E-state index is 0.0181. The van der Waals surface area contributed by atoms with Crippen LogP contribution in [0.1, 0.15) is 5.56 Å². The molecule has 1 aliphatic rings. The van der Waals surface area contributed by atoms with E-state index in [9.17, 15) is 22.0 Å². The van der Waals surface area contributed by atoms with E-state index in [1.807, 2.05) is 24.3 Å². The summed E-state index contributed by atoms with van der Waals surface area (Å²) in [7, 11) is -4.31. The highest BCUT2D eigenvalue weighted by atomic mass is 32.2. The van der Waals surface area contributed by atoms with Crippen LogP contribution in [0.2, 0.25) is 0 Å². The van der Waals surface area contributed by atoms with E-state index in [1.54, 1.807) is 11.1 Å². The van der Waals surface area contributed by atoms with Crippen molar-refractivity contribution in [3.05, 3.63) is 65.9 Å². The van der Waals surface area contributed by atoms with Gasteiger partial charge in [0, 0.05) is 43.3 Å². The molecule has 4 rings (SSSR count). The van der Waals surface area contributed by atoms with Crippen molar-refractivity contribution in [3.63, 3.8) is 0 Å². The van der Waals surface area contributed by atoms with Crippen molar-refractivity contribution < 1.29 is 22.0 Å². The Labute approximate surface area is 166 Å². The van der Waals surface area contributed by atoms with Crippen LogP contribution < -0.4 is 0 Å². The van der Waals surface area contributed by atoms with E-state index in [4.69, 9.17) is 0 Å². The summed E-state index contributed by atoms with van der Waals surface area (Å²) in [6.07, 6.45) is 1.99. The second-order valence-electron chi connectivity index (χ2n) is 6.87. The number of nitrogens with one attached hydrogen (secondary N) is 1. The molecule has 1 amide bonds. The molecule has 0 radical (unpaired) electrons. The van der Waals surface area contributed by atoms with Gasteiger partial charge in [-0.3, -0.25) is 4.79 Å². The molecule has 0 unspecified atom stereocenters. The minimum Gasteiger partial charge on any atom is -0.361 e. The second kappa shape index (κ2) is 7.57. The van der Waals surface area contributed by atoms with Crippen LogP contribution in [0.25, 0.3) is 10.9 Å². The van der Waals surface area contributed by atoms with Crippen LogP contribution in [-0.4, -0.2) is 54.7 Å². The van der Waals surface area contributed by atoms with E-state index in [-0.39, 0.29) is 38.5 Å². The molecule has 29 heavy (non-hydrogen) atoms. The van der Waals surface area contributed by atoms with Gasteiger partial charge in [-0.05, 0) is 23.8 Å². The molecule has 1 saturated heterocycles. The second-order valence-corrected chi connectivity index (χ2v) is 8.75. The number of carbonyl (C=O) groups is 1. The number of sulfonamides is 1. The lowest BCUT2D eigenvalue weighted by molar-refractivity contribution is -0.131. The van der Waals surface area contributed by atoms with Gasteiger partial charge in [-0.25, -0.2) is 17.2 Å². The van der Waals surface area contributed by atoms with Gasteiger partial charge < -0.3 is 9.88 Å². The third-order valence-corrected chi connectivity index (χ3v) is 7.08. The van der Waals surface area contributed by atoms with Crippen molar-refractivity contribution >= 4 is 26.8 Å². The highest BCUT2D eigenvalue weighted by molar-refractivity contribution is 7.89. The Morgan fingerprint density at radius 3 is 2.31 bits per heavy atom. The third kappa shape index (κ3) is 3.63. The van der Waals surface area contributed by atoms with Crippen LogP contribution in [0.4, 0.5) is 8.78 Å². The lowest BCUT2D eigenvalue weighted by atomic mass is 10.1. The quantitative estimate of drug-likeness (QED) is 0.706. The fourth-order valence-electron chi connectivity index (χ4n) is 3.59. The lowest BCUT2D eigenvalue weighted by Crippen LogP contribution is -2.51. The van der Waals surface area contributed by atoms with Gasteiger partial charge >= 0.3 is 0 Å². The van der Waals surface area contributed by atoms with E-state index < -0.39 is 26.6 Å². The van der Waals surface area contributed by atoms with Crippen molar-refractivity contribution in [2.45, 2.75) is 11.3 Å². The Morgan fingerprint density at radius 1 is 0.966 bits per heavy atom. The smallest absolute Gasteiger partial charge is 0.249 e. The average Bonchev–Trinajstić information content (AvgIpc) is 3.11. The Balaban J connectivity index is 1.44. The minimum atomic E-state index is -4.31. The molecular formula is C20H19F2N3O3S. The first-order valence-corrected chi connectivity index (χ1v) is 10.6. The topological polar surface area (TPSA) is 73.5 Å². The molecular weight excluding hydrogens is 400 g/mol. The number of hydrogen-bond donors (Lipinski definition) is 1. The van der Waals surface area contributed by atoms with Crippen LogP contribution in [0.3, 0.4) is 0 Å². The van der Waals surface area contributed by atoms with E-state index in [0.717, 1.165) is 39.0 Å². The number of aromatic amines is 1. The van der Waals surface area contributed by atoms with Crippen molar-refractivity contribution in [1.29, 1.82) is 0 Å². The Kier molecular flexibility index (Phi) is 5.10. The van der Waals surface area contributed by atoms with Crippen LogP contribution in [0.15, 0.2) is 53.6 Å². The third-order valence-electron chi connectivity index (χ3n) is 5.12. The monoisotopic (exact) mass is 419 g/mol. The molecule has 0 atom stereocenters. The number of rotatable bonds is 4. The lowest BCUT2D eigenvalue weighted by Gasteiger charge is -2.34. The first-order valence-electron chi connectivity index (χ1n) is 9.15. The highest BCUT2D eigenvalue weighted by Gasteiger charge is 2.34. The number of nitrogens with zero attached hydrogens (tertiary/aromatic N) is 2. The summed E-state index contributed by atoms with van der Waals surface area (Å²) in [5, 5.41) is 0.970. The summed E-state index contributed by atoms with van der Waals surface area (Å²) >= 11 is 0. The van der Waals surface area contributed by atoms with Gasteiger partial charge in [0.25, 0.3) is 0 Å². The highest BCUT2D eigenvalue weighted by Crippen LogP contribution is 2.24. The van der Waals surface area contributed by atoms with E-state index in [1.165, 1.54) is 0 Å². The average molecular weight is 419 g/mol. The van der Waals surface area contributed by atoms with Gasteiger partial charge in [-0.15, -0.1) is 0 Å². The molecule has 2 heterocycles. The number of halogens is 2. The fourth-order valence-corrected chi connectivity index (χ4v) is 5.12. The van der Waals surface area contributed by atoms with Crippen molar-refractivity contribution in [3.8, 4) is 0 Å². The number of para-hydroxylation sites is 1. The van der Waals surface area contributed by atoms with Gasteiger partial charge in [-0.1, -0.05) is 24.3 Å². The predicted octanol–water partition coefficient (Wildman–Crippen LogP) is 2.52. The first-order chi connectivity index (χ1) is 13.9. The van der Waals surface area contributed by atoms with Gasteiger partial charge in [0.05, 0.1) is 6.42 Å². The maximum atomic E-state index is 13.9. The molecule has 0 bridgehead atoms. The van der Waals surface area contributed by atoms with Gasteiger partial charge in [-0.2, -0.15) is 4.31 Å². The molecule has 9 heteroatoms. The van der Waals surface area contributed by atoms with Crippen molar-refractivity contribution in [2.75, 3.05) is 26.2 Å². The van der Waals surface area contributed by atoms with Crippen molar-refractivity contribution in [2.24, 2.45) is 0 Å². The number of fused-ring (bicyclic) bond motifs is 1. The van der Waals surface area contributed by atoms with Crippen LogP contribution in [-0.2, 0) is 21.2 Å². The predicted molar refractivity (Wildman–Crippen MR) is 104 cm³/mol. The van der Waals surface area contributed by atoms with E-state index in [2.05, 4.69) is 4.98 Å². The Morgan fingerprint density at radius 2 is 1.62 bits per heavy atom. The Bertz CT molecular complexity index is 1150. The van der Waals surface area contributed by atoms with Crippen molar-refractivity contribution in [1.82, 2.24) is 14.2 Å². The molecule has 0 spiro atoms. The summed E-state index contributed by atoms with van der Waals surface area (Å²) in [4.78, 5) is 16.4. The molecule has 0 saturated carbocycles. The molecule has 6 nitrogen and oxygen atoms in total. The molecule has 1 fully saturated rings. The standard InChI is InChI=1S/C20H19F2N3O3S/c21-16-5-3-6-17(22)20(16)29(27,28)25-10-8-24(9-11-25)19(26)12-14-13-23-18-7-2-1-4-15(14)18/h1-7,13,23H,8-12H2. The Hall–Kier alpha value is -2.78. The SMILES string of the molecule is O=C(Cc1c[nH]c2ccccc12)N1CCN(S(=O)(=O)c2c(F)cccc2F)CC1. The van der Waals surface area contributed by atoms with Crippen LogP contribution in [0, 0.1) is 11.6 Å². The number of piperazine rings is 1. The number of aromatic nitrogens is 1. The summed E-state index contributed by atoms with van der Waals surface area (Å²) in [5.41, 5.74) is 1.81. The molecule has 0 aliphatic carbocycles. The van der Waals surface area contributed by atoms with Gasteiger partial charge in [0.1, 0.15) is 11.6 Å². The van der Waals surface area contributed by atoms with Gasteiger partial charge in [0.15, 0.2) is 4.90 Å². The largest absolute Gasteiger partial charge is 0.361 e. The zero-order valence-electron chi connectivity index (χ0n) is 15.4. The first kappa shape index (κ1) is 19.5. The summed E-state index contributed by atoms with van der Waals surface area (Å²) in [5.74, 6) is -2.37. The maximum absolute atomic E-state index is 13.9. The summed E-state index contributed by atoms with van der Waals surface area (Å²) in [6.45, 7) is 0.290. The molecule has 2 aromatic carbocycles. The number of H-pyrrole nitrogens is 1. The molecule has 1 N–H and O–H groups in total. The molecule has 152 valence electrons. The van der Waals surface area contributed by atoms with Gasteiger partial charge in [0.2, 0.25) is 15.9 Å². The molecule has 3 aromatic rings. The van der Waals surface area contributed by atoms with E-state index >= 15 is 0 Å². The number of carbonyl (C=O) groups excluding carboxylic acids is 1. The summed E-state index contributed by atoms with van der Waals surface area (Å²) in [6, 6.07) is 10.6. The number of hydrogen-bond acceptors (Lipinski definition) is 3. The molecule has 1 aliphatic heterocycles. The molecule has 1 aromatic heterocycles. The fraction of sp³-hybridized carbons (Fsp3) is 0.250. The summed E-state index contributed by atoms with van der Waals surface area (Å²) < 4.78 is 54.2. The zero-order chi connectivity index (χ0) is 20.6. The normalized spacial score (nSPS) is 15.7. The maximum Gasteiger partial charge on any atom is 0.249 e. The number of amides is 1. The van der Waals surface area contributed by atoms with Crippen LogP contribution in [0.5, 0.6) is 0 Å². The number of benzene rings is 2. The van der Waals surface area contributed by atoms with E-state index in [0.29, 0.717) is 0 Å². The van der Waals surface area contributed by atoms with Crippen LogP contribution >= 0.6 is 0 Å². The zero-order valence-corrected chi connectivity index (χ0v) is 16.3.